The number of thiophene rings is 1. The topological polar surface area (TPSA) is 66.5 Å². The molecule has 0 aliphatic heterocycles. The van der Waals surface area contributed by atoms with Crippen LogP contribution in [0.1, 0.15) is 29.8 Å². The molecule has 0 spiro atoms. The number of hydrogen-bond donors (Lipinski definition) is 1. The second-order valence-electron chi connectivity index (χ2n) is 6.38. The summed E-state index contributed by atoms with van der Waals surface area (Å²) in [5, 5.41) is 6.27. The van der Waals surface area contributed by atoms with Gasteiger partial charge in [0.2, 0.25) is 10.0 Å². The van der Waals surface area contributed by atoms with E-state index in [1.165, 1.54) is 32.1 Å². The van der Waals surface area contributed by atoms with Gasteiger partial charge in [0.05, 0.1) is 4.90 Å². The van der Waals surface area contributed by atoms with Crippen LogP contribution in [-0.2, 0) is 16.4 Å². The predicted octanol–water partition coefficient (Wildman–Crippen LogP) is 3.90. The lowest BCUT2D eigenvalue weighted by atomic mass is 10.1. The molecule has 148 valence electrons. The molecule has 0 fully saturated rings. The Hall–Kier alpha value is -2.22. The van der Waals surface area contributed by atoms with Gasteiger partial charge in [0.1, 0.15) is 0 Å². The SMILES string of the molecule is CCN(CC)S(=O)(=O)c1ccc(C(=O)NCCc2csc3ccccc23)cc1. The molecule has 1 heterocycles. The summed E-state index contributed by atoms with van der Waals surface area (Å²) in [6.45, 7) is 4.97. The number of sulfonamides is 1. The van der Waals surface area contributed by atoms with E-state index in [9.17, 15) is 13.2 Å². The van der Waals surface area contributed by atoms with Crippen molar-refractivity contribution in [1.82, 2.24) is 9.62 Å². The van der Waals surface area contributed by atoms with Crippen LogP contribution in [0.2, 0.25) is 0 Å². The molecule has 0 saturated carbocycles. The molecule has 3 aromatic rings. The molecule has 0 saturated heterocycles. The smallest absolute Gasteiger partial charge is 0.251 e. The van der Waals surface area contributed by atoms with Gasteiger partial charge in [-0.3, -0.25) is 4.79 Å². The van der Waals surface area contributed by atoms with E-state index in [2.05, 4.69) is 22.8 Å². The number of carbonyl (C=O) groups is 1. The molecule has 0 bridgehead atoms. The highest BCUT2D eigenvalue weighted by molar-refractivity contribution is 7.89. The van der Waals surface area contributed by atoms with Gasteiger partial charge in [-0.05, 0) is 53.1 Å². The highest BCUT2D eigenvalue weighted by Gasteiger charge is 2.21. The van der Waals surface area contributed by atoms with Crippen LogP contribution in [0.5, 0.6) is 0 Å². The molecule has 0 unspecified atom stereocenters. The van der Waals surface area contributed by atoms with Gasteiger partial charge in [0.25, 0.3) is 5.91 Å². The quantitative estimate of drug-likeness (QED) is 0.606. The fourth-order valence-electron chi connectivity index (χ4n) is 3.13. The van der Waals surface area contributed by atoms with E-state index in [-0.39, 0.29) is 10.8 Å². The fraction of sp³-hybridized carbons (Fsp3) is 0.286. The van der Waals surface area contributed by atoms with E-state index in [1.807, 2.05) is 12.1 Å². The molecule has 7 heteroatoms. The van der Waals surface area contributed by atoms with Crippen LogP contribution < -0.4 is 5.32 Å². The molecular formula is C21H24N2O3S2. The Balaban J connectivity index is 1.62. The minimum atomic E-state index is -3.51. The van der Waals surface area contributed by atoms with Crippen LogP contribution in [-0.4, -0.2) is 38.3 Å². The van der Waals surface area contributed by atoms with E-state index >= 15 is 0 Å². The number of rotatable bonds is 8. The Morgan fingerprint density at radius 3 is 2.39 bits per heavy atom. The first-order valence-corrected chi connectivity index (χ1v) is 11.6. The molecule has 0 atom stereocenters. The first-order valence-electron chi connectivity index (χ1n) is 9.31. The molecule has 1 aromatic heterocycles. The summed E-state index contributed by atoms with van der Waals surface area (Å²) in [6, 6.07) is 14.3. The second kappa shape index (κ2) is 8.86. The fourth-order valence-corrected chi connectivity index (χ4v) is 5.59. The minimum Gasteiger partial charge on any atom is -0.352 e. The minimum absolute atomic E-state index is 0.202. The summed E-state index contributed by atoms with van der Waals surface area (Å²) in [5.41, 5.74) is 1.68. The van der Waals surface area contributed by atoms with Crippen LogP contribution in [0.25, 0.3) is 10.1 Å². The maximum absolute atomic E-state index is 12.5. The van der Waals surface area contributed by atoms with Crippen molar-refractivity contribution in [3.05, 3.63) is 65.0 Å². The average Bonchev–Trinajstić information content (AvgIpc) is 3.12. The monoisotopic (exact) mass is 416 g/mol. The van der Waals surface area contributed by atoms with E-state index in [0.29, 0.717) is 25.2 Å². The third-order valence-electron chi connectivity index (χ3n) is 4.70. The number of fused-ring (bicyclic) bond motifs is 1. The van der Waals surface area contributed by atoms with Gasteiger partial charge in [-0.2, -0.15) is 4.31 Å². The number of nitrogens with one attached hydrogen (secondary N) is 1. The number of hydrogen-bond acceptors (Lipinski definition) is 4. The highest BCUT2D eigenvalue weighted by Crippen LogP contribution is 2.25. The van der Waals surface area contributed by atoms with Gasteiger partial charge in [-0.15, -0.1) is 11.3 Å². The lowest BCUT2D eigenvalue weighted by Crippen LogP contribution is -2.30. The third-order valence-corrected chi connectivity index (χ3v) is 7.78. The zero-order valence-electron chi connectivity index (χ0n) is 16.0. The summed E-state index contributed by atoms with van der Waals surface area (Å²) in [7, 11) is -3.51. The second-order valence-corrected chi connectivity index (χ2v) is 9.23. The first-order chi connectivity index (χ1) is 13.5. The molecule has 0 aliphatic carbocycles. The van der Waals surface area contributed by atoms with Gasteiger partial charge >= 0.3 is 0 Å². The summed E-state index contributed by atoms with van der Waals surface area (Å²) in [4.78, 5) is 12.6. The largest absolute Gasteiger partial charge is 0.352 e. The van der Waals surface area contributed by atoms with Crippen molar-refractivity contribution >= 4 is 37.4 Å². The van der Waals surface area contributed by atoms with Gasteiger partial charge < -0.3 is 5.32 Å². The molecule has 1 N–H and O–H groups in total. The predicted molar refractivity (Wildman–Crippen MR) is 114 cm³/mol. The molecule has 0 aliphatic rings. The normalized spacial score (nSPS) is 11.8. The van der Waals surface area contributed by atoms with Crippen molar-refractivity contribution in [3.8, 4) is 0 Å². The summed E-state index contributed by atoms with van der Waals surface area (Å²) < 4.78 is 27.7. The lowest BCUT2D eigenvalue weighted by molar-refractivity contribution is 0.0954. The summed E-state index contributed by atoms with van der Waals surface area (Å²) in [6.07, 6.45) is 0.754. The Bertz CT molecular complexity index is 1050. The Morgan fingerprint density at radius 1 is 1.04 bits per heavy atom. The first kappa shape index (κ1) is 20.5. The number of benzene rings is 2. The van der Waals surface area contributed by atoms with Gasteiger partial charge in [-0.25, -0.2) is 8.42 Å². The van der Waals surface area contributed by atoms with Gasteiger partial charge in [0.15, 0.2) is 0 Å². The van der Waals surface area contributed by atoms with Crippen LogP contribution >= 0.6 is 11.3 Å². The molecular weight excluding hydrogens is 392 g/mol. The number of amides is 1. The van der Waals surface area contributed by atoms with Crippen molar-refractivity contribution in [3.63, 3.8) is 0 Å². The molecule has 5 nitrogen and oxygen atoms in total. The maximum atomic E-state index is 12.5. The molecule has 2 aromatic carbocycles. The van der Waals surface area contributed by atoms with Gasteiger partial charge in [-0.1, -0.05) is 32.0 Å². The molecule has 3 rings (SSSR count). The number of nitrogens with zero attached hydrogens (tertiary/aromatic N) is 1. The van der Waals surface area contributed by atoms with Crippen molar-refractivity contribution in [2.75, 3.05) is 19.6 Å². The standard InChI is InChI=1S/C21H24N2O3S2/c1-3-23(4-2)28(25,26)18-11-9-16(10-12-18)21(24)22-14-13-17-15-27-20-8-6-5-7-19(17)20/h5-12,15H,3-4,13-14H2,1-2H3,(H,22,24). The van der Waals surface area contributed by atoms with Crippen LogP contribution in [0.4, 0.5) is 0 Å². The Kier molecular flexibility index (Phi) is 6.49. The Morgan fingerprint density at radius 2 is 1.71 bits per heavy atom. The van der Waals surface area contributed by atoms with E-state index in [0.717, 1.165) is 6.42 Å². The van der Waals surface area contributed by atoms with Crippen molar-refractivity contribution in [2.24, 2.45) is 0 Å². The van der Waals surface area contributed by atoms with Crippen molar-refractivity contribution in [1.29, 1.82) is 0 Å². The summed E-state index contributed by atoms with van der Waals surface area (Å²) >= 11 is 1.71. The third kappa shape index (κ3) is 4.27. The zero-order valence-corrected chi connectivity index (χ0v) is 17.6. The van der Waals surface area contributed by atoms with E-state index < -0.39 is 10.0 Å². The number of carbonyl (C=O) groups excluding carboxylic acids is 1. The molecule has 1 amide bonds. The van der Waals surface area contributed by atoms with Gasteiger partial charge in [0, 0.05) is 29.9 Å². The maximum Gasteiger partial charge on any atom is 0.251 e. The Labute approximate surface area is 170 Å². The average molecular weight is 417 g/mol. The van der Waals surface area contributed by atoms with Crippen LogP contribution in [0.15, 0.2) is 58.8 Å². The summed E-state index contributed by atoms with van der Waals surface area (Å²) in [5.74, 6) is -0.202. The van der Waals surface area contributed by atoms with E-state index in [1.54, 1.807) is 37.3 Å². The lowest BCUT2D eigenvalue weighted by Gasteiger charge is -2.18. The van der Waals surface area contributed by atoms with E-state index in [4.69, 9.17) is 0 Å². The van der Waals surface area contributed by atoms with Crippen molar-refractivity contribution < 1.29 is 13.2 Å². The molecule has 28 heavy (non-hydrogen) atoms. The highest BCUT2D eigenvalue weighted by atomic mass is 32.2. The molecule has 0 radical (unpaired) electrons. The van der Waals surface area contributed by atoms with Crippen LogP contribution in [0, 0.1) is 0 Å². The van der Waals surface area contributed by atoms with Crippen molar-refractivity contribution in [2.45, 2.75) is 25.2 Å². The van der Waals surface area contributed by atoms with Crippen LogP contribution in [0.3, 0.4) is 0 Å². The zero-order chi connectivity index (χ0) is 20.1.